The van der Waals surface area contributed by atoms with Crippen molar-refractivity contribution in [3.63, 3.8) is 0 Å². The van der Waals surface area contributed by atoms with Crippen molar-refractivity contribution in [1.82, 2.24) is 5.32 Å². The summed E-state index contributed by atoms with van der Waals surface area (Å²) in [6.45, 7) is 1.45. The van der Waals surface area contributed by atoms with Gasteiger partial charge in [-0.25, -0.2) is 4.79 Å². The molecule has 1 aromatic heterocycles. The van der Waals surface area contributed by atoms with Gasteiger partial charge in [-0.1, -0.05) is 15.9 Å². The monoisotopic (exact) mass is 351 g/mol. The maximum atomic E-state index is 11.7. The van der Waals surface area contributed by atoms with Crippen LogP contribution in [0.5, 0.6) is 0 Å². The van der Waals surface area contributed by atoms with Gasteiger partial charge >= 0.3 is 5.97 Å². The zero-order chi connectivity index (χ0) is 15.2. The first-order valence-electron chi connectivity index (χ1n) is 6.31. The van der Waals surface area contributed by atoms with Crippen molar-refractivity contribution in [3.05, 3.63) is 58.5 Å². The van der Waals surface area contributed by atoms with Crippen LogP contribution < -0.4 is 5.32 Å². The van der Waals surface area contributed by atoms with Gasteiger partial charge in [0.15, 0.2) is 6.61 Å². The van der Waals surface area contributed by atoms with Crippen molar-refractivity contribution in [2.24, 2.45) is 0 Å². The summed E-state index contributed by atoms with van der Waals surface area (Å²) in [6, 6.07) is 9.93. The molecule has 0 saturated carbocycles. The van der Waals surface area contributed by atoms with Gasteiger partial charge in [0.2, 0.25) is 0 Å². The van der Waals surface area contributed by atoms with E-state index in [2.05, 4.69) is 21.2 Å². The lowest BCUT2D eigenvalue weighted by molar-refractivity contribution is -0.125. The molecular formula is C15H14BrNO4. The number of amides is 1. The number of carbonyl (C=O) groups is 2. The van der Waals surface area contributed by atoms with Crippen molar-refractivity contribution in [1.29, 1.82) is 0 Å². The van der Waals surface area contributed by atoms with Crippen LogP contribution in [-0.2, 0) is 9.53 Å². The van der Waals surface area contributed by atoms with Gasteiger partial charge in [-0.3, -0.25) is 4.79 Å². The van der Waals surface area contributed by atoms with Crippen molar-refractivity contribution in [2.75, 3.05) is 6.61 Å². The fourth-order valence-electron chi connectivity index (χ4n) is 1.69. The second kappa shape index (κ2) is 7.08. The fourth-order valence-corrected chi connectivity index (χ4v) is 1.96. The molecule has 1 N–H and O–H groups in total. The second-order valence-electron chi connectivity index (χ2n) is 4.39. The average molecular weight is 352 g/mol. The van der Waals surface area contributed by atoms with Crippen LogP contribution in [0.2, 0.25) is 0 Å². The predicted octanol–water partition coefficient (Wildman–Crippen LogP) is 3.08. The molecule has 0 fully saturated rings. The maximum absolute atomic E-state index is 11.7. The van der Waals surface area contributed by atoms with E-state index in [9.17, 15) is 9.59 Å². The molecule has 0 unspecified atom stereocenters. The number of rotatable bonds is 5. The normalized spacial score (nSPS) is 11.7. The number of furan rings is 1. The Bertz CT molecular complexity index is 607. The molecule has 0 bridgehead atoms. The summed E-state index contributed by atoms with van der Waals surface area (Å²) in [5.41, 5.74) is 0.394. The Kier molecular flexibility index (Phi) is 5.16. The molecule has 0 aliphatic heterocycles. The second-order valence-corrected chi connectivity index (χ2v) is 5.30. The van der Waals surface area contributed by atoms with Crippen LogP contribution in [0.25, 0.3) is 0 Å². The van der Waals surface area contributed by atoms with Crippen LogP contribution in [0.4, 0.5) is 0 Å². The summed E-state index contributed by atoms with van der Waals surface area (Å²) >= 11 is 3.28. The first-order valence-corrected chi connectivity index (χ1v) is 7.11. The number of halogens is 1. The zero-order valence-electron chi connectivity index (χ0n) is 11.3. The van der Waals surface area contributed by atoms with Crippen LogP contribution in [-0.4, -0.2) is 18.5 Å². The minimum atomic E-state index is -0.539. The quantitative estimate of drug-likeness (QED) is 0.840. The summed E-state index contributed by atoms with van der Waals surface area (Å²) in [6.07, 6.45) is 1.53. The van der Waals surface area contributed by atoms with Crippen molar-refractivity contribution in [3.8, 4) is 0 Å². The van der Waals surface area contributed by atoms with Crippen LogP contribution in [0.15, 0.2) is 51.6 Å². The minimum absolute atomic E-state index is 0.279. The highest BCUT2D eigenvalue weighted by Gasteiger charge is 2.14. The lowest BCUT2D eigenvalue weighted by Gasteiger charge is -2.11. The van der Waals surface area contributed by atoms with Crippen molar-refractivity contribution in [2.45, 2.75) is 13.0 Å². The Labute approximate surface area is 130 Å². The molecule has 1 atom stereocenters. The SMILES string of the molecule is C[C@H](NC(=O)COC(=O)c1ccc(Br)cc1)c1ccco1. The highest BCUT2D eigenvalue weighted by Crippen LogP contribution is 2.13. The van der Waals surface area contributed by atoms with Gasteiger partial charge in [-0.15, -0.1) is 0 Å². The van der Waals surface area contributed by atoms with Gasteiger partial charge in [-0.05, 0) is 43.3 Å². The van der Waals surface area contributed by atoms with Crippen molar-refractivity contribution >= 4 is 27.8 Å². The van der Waals surface area contributed by atoms with Gasteiger partial charge in [0, 0.05) is 4.47 Å². The van der Waals surface area contributed by atoms with Crippen LogP contribution in [0.3, 0.4) is 0 Å². The molecule has 0 radical (unpaired) electrons. The lowest BCUT2D eigenvalue weighted by atomic mass is 10.2. The Morgan fingerprint density at radius 3 is 2.62 bits per heavy atom. The van der Waals surface area contributed by atoms with E-state index in [1.807, 2.05) is 0 Å². The maximum Gasteiger partial charge on any atom is 0.338 e. The number of nitrogens with one attached hydrogen (secondary N) is 1. The molecular weight excluding hydrogens is 338 g/mol. The standard InChI is InChI=1S/C15H14BrNO4/c1-10(13-3-2-8-20-13)17-14(18)9-21-15(19)11-4-6-12(16)7-5-11/h2-8,10H,9H2,1H3,(H,17,18)/t10-/m0/s1. The molecule has 2 aromatic rings. The molecule has 2 rings (SSSR count). The van der Waals surface area contributed by atoms with E-state index >= 15 is 0 Å². The first-order chi connectivity index (χ1) is 10.1. The Balaban J connectivity index is 1.81. The third kappa shape index (κ3) is 4.46. The molecule has 1 heterocycles. The molecule has 1 aromatic carbocycles. The van der Waals surface area contributed by atoms with E-state index in [0.29, 0.717) is 11.3 Å². The number of carbonyl (C=O) groups excluding carboxylic acids is 2. The molecule has 21 heavy (non-hydrogen) atoms. The number of ether oxygens (including phenoxy) is 1. The van der Waals surface area contributed by atoms with Gasteiger partial charge in [0.25, 0.3) is 5.91 Å². The summed E-state index contributed by atoms with van der Waals surface area (Å²) in [5.74, 6) is -0.282. The van der Waals surface area contributed by atoms with Crippen LogP contribution in [0, 0.1) is 0 Å². The molecule has 0 spiro atoms. The van der Waals surface area contributed by atoms with E-state index in [-0.39, 0.29) is 18.6 Å². The fraction of sp³-hybridized carbons (Fsp3) is 0.200. The summed E-state index contributed by atoms with van der Waals surface area (Å²) in [7, 11) is 0. The van der Waals surface area contributed by atoms with E-state index in [1.165, 1.54) is 6.26 Å². The predicted molar refractivity (Wildman–Crippen MR) is 79.7 cm³/mol. The van der Waals surface area contributed by atoms with E-state index in [0.717, 1.165) is 4.47 Å². The molecule has 5 nitrogen and oxygen atoms in total. The molecule has 6 heteroatoms. The molecule has 110 valence electrons. The Morgan fingerprint density at radius 1 is 1.29 bits per heavy atom. The highest BCUT2D eigenvalue weighted by molar-refractivity contribution is 9.10. The topological polar surface area (TPSA) is 68.5 Å². The zero-order valence-corrected chi connectivity index (χ0v) is 12.9. The highest BCUT2D eigenvalue weighted by atomic mass is 79.9. The third-order valence-corrected chi connectivity index (χ3v) is 3.29. The largest absolute Gasteiger partial charge is 0.467 e. The number of benzene rings is 1. The van der Waals surface area contributed by atoms with Crippen molar-refractivity contribution < 1.29 is 18.7 Å². The molecule has 0 aliphatic rings. The van der Waals surface area contributed by atoms with Gasteiger partial charge in [0.1, 0.15) is 5.76 Å². The first kappa shape index (κ1) is 15.3. The summed E-state index contributed by atoms with van der Waals surface area (Å²) in [4.78, 5) is 23.4. The van der Waals surface area contributed by atoms with Gasteiger partial charge in [-0.2, -0.15) is 0 Å². The summed E-state index contributed by atoms with van der Waals surface area (Å²) < 4.78 is 11.0. The number of hydrogen-bond acceptors (Lipinski definition) is 4. The van der Waals surface area contributed by atoms with Gasteiger partial charge < -0.3 is 14.5 Å². The van der Waals surface area contributed by atoms with E-state index in [1.54, 1.807) is 43.3 Å². The number of hydrogen-bond donors (Lipinski definition) is 1. The summed E-state index contributed by atoms with van der Waals surface area (Å²) in [5, 5.41) is 2.68. The molecule has 0 saturated heterocycles. The van der Waals surface area contributed by atoms with E-state index < -0.39 is 5.97 Å². The minimum Gasteiger partial charge on any atom is -0.467 e. The Morgan fingerprint density at radius 2 is 2.00 bits per heavy atom. The average Bonchev–Trinajstić information content (AvgIpc) is 3.00. The smallest absolute Gasteiger partial charge is 0.338 e. The van der Waals surface area contributed by atoms with E-state index in [4.69, 9.17) is 9.15 Å². The number of esters is 1. The molecule has 0 aliphatic carbocycles. The van der Waals surface area contributed by atoms with Gasteiger partial charge in [0.05, 0.1) is 17.9 Å². The van der Waals surface area contributed by atoms with Crippen LogP contribution >= 0.6 is 15.9 Å². The third-order valence-electron chi connectivity index (χ3n) is 2.76. The molecule has 1 amide bonds. The van der Waals surface area contributed by atoms with Crippen LogP contribution in [0.1, 0.15) is 29.1 Å². The Hall–Kier alpha value is -2.08. The lowest BCUT2D eigenvalue weighted by Crippen LogP contribution is -2.30.